The van der Waals surface area contributed by atoms with E-state index < -0.39 is 0 Å². The molecule has 0 saturated carbocycles. The maximum atomic E-state index is 6.25. The first-order valence-electron chi connectivity index (χ1n) is 11.5. The Morgan fingerprint density at radius 1 is 0.139 bits per heavy atom. The molecule has 0 unspecified atom stereocenters. The first kappa shape index (κ1) is 331. The molecule has 33 nitrogen and oxygen atoms in total. The summed E-state index contributed by atoms with van der Waals surface area (Å²) in [5.41, 5.74) is 58.8. The Morgan fingerprint density at radius 2 is 0.153 bits per heavy atom. The minimum Gasteiger partial charge on any atom is -0.693 e. The quantitative estimate of drug-likeness (QED) is 0.107. The number of nitrogens with zero attached hydrogens (tertiary/aromatic N) is 16. The van der Waals surface area contributed by atoms with E-state index in [1.54, 1.807) is 0 Å². The number of nitrogens with two attached hydrogens (primary N) is 17. The summed E-state index contributed by atoms with van der Waals surface area (Å²) in [6.07, 6.45) is 0. The van der Waals surface area contributed by atoms with Gasteiger partial charge >= 0.3 is 0 Å². The molecule has 0 heterocycles. The van der Waals surface area contributed by atoms with Gasteiger partial charge in [0.1, 0.15) is 0 Å². The average Bonchev–Trinajstić information content (AvgIpc) is 3.39. The van der Waals surface area contributed by atoms with Crippen molar-refractivity contribution in [2.45, 2.75) is 0 Å². The van der Waals surface area contributed by atoms with Crippen molar-refractivity contribution in [3.63, 3.8) is 0 Å². The first-order chi connectivity index (χ1) is 27.5. The molecule has 0 aliphatic carbocycles. The zero-order valence-corrected chi connectivity index (χ0v) is 49.5. The van der Waals surface area contributed by atoms with Crippen molar-refractivity contribution in [2.75, 3.05) is 78.5 Å². The molecule has 0 spiro atoms. The minimum atomic E-state index is 0. The molecule has 0 fully saturated rings. The van der Waals surface area contributed by atoms with Crippen molar-refractivity contribution in [3.05, 3.63) is 136 Å². The van der Waals surface area contributed by atoms with E-state index in [4.69, 9.17) is 258 Å². The summed E-state index contributed by atoms with van der Waals surface area (Å²) in [4.78, 5) is 0. The van der Waals surface area contributed by atoms with E-state index in [9.17, 15) is 0 Å². The molecule has 44 heteroatoms. The molecular weight excluding hydrogens is 1560 g/mol. The van der Waals surface area contributed by atoms with Crippen molar-refractivity contribution < 1.29 is 196 Å². The van der Waals surface area contributed by atoms with Crippen LogP contribution in [-0.4, -0.2) is 78.5 Å². The number of hydrogen-bond donors (Lipinski definition) is 12. The normalized spacial score (nSPS) is 2.94. The Balaban J connectivity index is -0.00000000466. The van der Waals surface area contributed by atoms with Crippen molar-refractivity contribution in [1.82, 2.24) is 0 Å². The standard InChI is InChI=1S/6C2H8N2.16CN.9Cu.2Mo.5H2N/c6*3-1-2-4;16*1-2;;;;;;;;;;;;;;;;/h6*1-4H2;;;;;;;;;;;;;;;;;;;;;;;;;;;;5*1H2/q;;;;;;16*-1;;;;;;;;;;;;5*-1. The third-order valence-corrected chi connectivity index (χ3v) is 1.00. The van der Waals surface area contributed by atoms with Gasteiger partial charge in [-0.25, -0.2) is 0 Å². The summed E-state index contributed by atoms with van der Waals surface area (Å²) < 4.78 is 0. The zero-order valence-electron chi connectivity index (χ0n) is 37.0. The first-order valence-corrected chi connectivity index (χ1v) is 11.5. The fourth-order valence-corrected chi connectivity index (χ4v) is 0. The molecule has 0 rings (SSSR count). The van der Waals surface area contributed by atoms with Gasteiger partial charge in [0, 0.05) is 274 Å². The fourth-order valence-electron chi connectivity index (χ4n) is 0. The van der Waals surface area contributed by atoms with E-state index >= 15 is 0 Å². The molecule has 467 valence electrons. The number of hydrogen-bond acceptors (Lipinski definition) is 28. The summed E-state index contributed by atoms with van der Waals surface area (Å²) in [6.45, 7) is 83.2. The van der Waals surface area contributed by atoms with Crippen LogP contribution in [0.5, 0.6) is 0 Å². The third kappa shape index (κ3) is 28600. The Morgan fingerprint density at radius 3 is 0.153 bits per heavy atom. The molecule has 0 amide bonds. The molecule has 72 heavy (non-hydrogen) atoms. The van der Waals surface area contributed by atoms with E-state index in [1.165, 1.54) is 0 Å². The Hall–Kier alpha value is -2.79. The summed E-state index contributed by atoms with van der Waals surface area (Å²) in [5.74, 6) is 0. The molecule has 9 radical (unpaired) electrons. The van der Waals surface area contributed by atoms with Crippen LogP contribution in [0.25, 0.3) is 30.8 Å². The van der Waals surface area contributed by atoms with E-state index in [0.717, 1.165) is 0 Å². The molecule has 0 aliphatic rings. The second-order valence-corrected chi connectivity index (χ2v) is 3.46. The van der Waals surface area contributed by atoms with Crippen molar-refractivity contribution in [1.29, 1.82) is 84.2 Å². The molecule has 0 aromatic heterocycles. The number of rotatable bonds is 6. The maximum Gasteiger partial charge on any atom is 0.00461 e. The maximum absolute atomic E-state index is 6.25. The van der Waals surface area contributed by atoms with Crippen molar-refractivity contribution >= 4 is 0 Å². The molecule has 0 bridgehead atoms. The summed E-state index contributed by atoms with van der Waals surface area (Å²) in [5, 5.41) is 100. The molecule has 0 saturated heterocycles. The van der Waals surface area contributed by atoms with Gasteiger partial charge in [0.05, 0.1) is 0 Å². The van der Waals surface area contributed by atoms with E-state index in [0.29, 0.717) is 78.5 Å². The second kappa shape index (κ2) is 3630. The Kier molecular flexibility index (Phi) is 16700. The van der Waals surface area contributed by atoms with Crippen LogP contribution in [0.3, 0.4) is 0 Å². The van der Waals surface area contributed by atoms with Crippen LogP contribution in [0.1, 0.15) is 0 Å². The van der Waals surface area contributed by atoms with Crippen molar-refractivity contribution in [3.8, 4) is 0 Å². The molecule has 0 aromatic carbocycles. The van der Waals surface area contributed by atoms with Gasteiger partial charge in [-0.2, -0.15) is 0 Å². The smallest absolute Gasteiger partial charge is 0.00461 e. The molecule has 0 aromatic rings. The summed E-state index contributed by atoms with van der Waals surface area (Å²) >= 11 is 0. The van der Waals surface area contributed by atoms with E-state index in [1.807, 2.05) is 0 Å². The van der Waals surface area contributed by atoms with Gasteiger partial charge in [-0.15, -0.1) is 0 Å². The fraction of sp³-hybridized carbons (Fsp3) is 0.429. The van der Waals surface area contributed by atoms with Crippen molar-refractivity contribution in [2.24, 2.45) is 68.8 Å². The summed E-state index contributed by atoms with van der Waals surface area (Å²) in [6, 6.07) is 0. The van der Waals surface area contributed by atoms with E-state index in [2.05, 4.69) is 0 Å². The average molecular weight is 1620 g/mol. The second-order valence-electron chi connectivity index (χ2n) is 3.46. The van der Waals surface area contributed by atoms with Crippen LogP contribution >= 0.6 is 0 Å². The molecule has 34 N–H and O–H groups in total. The predicted molar refractivity (Wildman–Crippen MR) is 215 cm³/mol. The third-order valence-electron chi connectivity index (χ3n) is 1.00. The zero-order chi connectivity index (χ0) is 52.5. The molecular formula is C28H58Cu9Mo2N33-21. The van der Waals surface area contributed by atoms with Crippen LogP contribution in [0.2, 0.25) is 0 Å². The van der Waals surface area contributed by atoms with Gasteiger partial charge in [0.25, 0.3) is 0 Å². The van der Waals surface area contributed by atoms with Crippen LogP contribution < -0.4 is 68.8 Å². The Bertz CT molecular complexity index is 510. The van der Waals surface area contributed by atoms with Gasteiger partial charge < -0.3 is 289 Å². The minimum absolute atomic E-state index is 0. The van der Waals surface area contributed by atoms with Gasteiger partial charge in [-0.3, -0.25) is 0 Å². The van der Waals surface area contributed by atoms with E-state index in [-0.39, 0.29) is 227 Å². The van der Waals surface area contributed by atoms with Gasteiger partial charge in [0.2, 0.25) is 0 Å². The monoisotopic (exact) mass is 1620 g/mol. The topological polar surface area (TPSA) is 860 Å². The largest absolute Gasteiger partial charge is 0.693 e. The molecule has 0 aliphatic heterocycles. The SMILES string of the molecule is NCCN.NCCN.NCCN.NCCN.NCCN.NCCN.[C-]#N.[C-]#N.[C-]#N.[C-]#N.[C-]#N.[C-]#N.[C-]#N.[C-]#N.[C-]#N.[C-]#N.[C-]#N.[C-]#N.[C-]#N.[C-]#N.[C-]#N.[C-]#N.[Cu].[Cu].[Cu].[Cu].[Cu].[Cu].[Cu].[Cu].[Cu].[Mo].[Mo].[NH2-].[NH2-].[NH2-].[NH2-].[NH2-]. The van der Waals surface area contributed by atoms with Gasteiger partial charge in [-0.1, -0.05) is 0 Å². The van der Waals surface area contributed by atoms with Gasteiger partial charge in [-0.05, 0) is 0 Å². The van der Waals surface area contributed by atoms with Crippen LogP contribution in [0.15, 0.2) is 0 Å². The predicted octanol–water partition coefficient (Wildman–Crippen LogP) is -1.48. The molecule has 0 atom stereocenters. The summed E-state index contributed by atoms with van der Waals surface area (Å²) in [7, 11) is 0. The van der Waals surface area contributed by atoms with Crippen LogP contribution in [-0.2, 0) is 196 Å². The van der Waals surface area contributed by atoms with Crippen LogP contribution in [0.4, 0.5) is 0 Å². The van der Waals surface area contributed by atoms with Gasteiger partial charge in [0.15, 0.2) is 0 Å². The van der Waals surface area contributed by atoms with Crippen LogP contribution in [0, 0.1) is 189 Å². The Labute approximate surface area is 557 Å².